The molecule has 8 aliphatic rings. The van der Waals surface area contributed by atoms with Crippen molar-refractivity contribution in [3.63, 3.8) is 0 Å². The van der Waals surface area contributed by atoms with Gasteiger partial charge in [-0.1, -0.05) is 433 Å². The molecule has 10 unspecified atom stereocenters. The van der Waals surface area contributed by atoms with Gasteiger partial charge in [-0.3, -0.25) is 0 Å². The second kappa shape index (κ2) is 98.2. The van der Waals surface area contributed by atoms with Gasteiger partial charge in [-0.2, -0.15) is 0 Å². The molecule has 0 bridgehead atoms. The molecule has 10 atom stereocenters. The number of allylic oxidation sites excluding steroid dienone is 10. The zero-order valence-corrected chi connectivity index (χ0v) is 104. The van der Waals surface area contributed by atoms with Gasteiger partial charge in [0.15, 0.2) is 0 Å². The number of benzene rings is 5. The molecule has 0 saturated heterocycles. The Bertz CT molecular complexity index is 3040. The number of nitrogens with zero attached hydrogens (tertiary/aromatic N) is 1. The van der Waals surface area contributed by atoms with Crippen molar-refractivity contribution in [3.05, 3.63) is 287 Å². The molecule has 0 radical (unpaired) electrons. The minimum absolute atomic E-state index is 0. The van der Waals surface area contributed by atoms with Crippen LogP contribution < -0.4 is 0 Å². The molecule has 19 heteroatoms. The van der Waals surface area contributed by atoms with E-state index in [1.165, 1.54) is 182 Å². The van der Waals surface area contributed by atoms with E-state index in [1.807, 2.05) is 82.4 Å². The van der Waals surface area contributed by atoms with Gasteiger partial charge in [0.25, 0.3) is 0 Å². The van der Waals surface area contributed by atoms with Crippen LogP contribution in [0.3, 0.4) is 0 Å². The molecular weight excluding hydrogens is 2080 g/mol. The van der Waals surface area contributed by atoms with Crippen LogP contribution in [0, 0.1) is 119 Å². The van der Waals surface area contributed by atoms with Gasteiger partial charge in [0.2, 0.25) is 0 Å². The van der Waals surface area contributed by atoms with E-state index < -0.39 is 95.9 Å². The van der Waals surface area contributed by atoms with Crippen molar-refractivity contribution in [2.75, 3.05) is 13.2 Å². The first-order chi connectivity index (χ1) is 56.8. The third-order valence-corrected chi connectivity index (χ3v) is 33.2. The quantitative estimate of drug-likeness (QED) is 0.0475. The average Bonchev–Trinajstić information content (AvgIpc) is 1.55. The Balaban J connectivity index is -0.000000138. The molecule has 2 N–H and O–H groups in total. The van der Waals surface area contributed by atoms with Crippen LogP contribution in [0.4, 0.5) is 0 Å². The maximum atomic E-state index is 7.57. The number of hydrogen-bond acceptors (Lipinski definition) is 2. The van der Waals surface area contributed by atoms with Crippen molar-refractivity contribution in [2.24, 2.45) is 59.2 Å². The molecule has 0 heterocycles. The summed E-state index contributed by atoms with van der Waals surface area (Å²) in [6, 6.07) is 49.3. The number of unbranched alkanes of at least 4 members (excludes halogenated alkanes) is 5. The van der Waals surface area contributed by atoms with Crippen molar-refractivity contribution in [3.8, 4) is 22.3 Å². The van der Waals surface area contributed by atoms with E-state index in [2.05, 4.69) is 245 Å². The van der Waals surface area contributed by atoms with Gasteiger partial charge in [-0.15, -0.1) is 6.04 Å². The van der Waals surface area contributed by atoms with Crippen LogP contribution in [-0.2, 0) is 99.0 Å². The molecule has 0 aromatic heterocycles. The summed E-state index contributed by atoms with van der Waals surface area (Å²) in [7, 11) is 40.9. The summed E-state index contributed by atoms with van der Waals surface area (Å²) < 4.78 is 0. The van der Waals surface area contributed by atoms with E-state index >= 15 is 0 Å². The molecular formula is C107H180Cl9NO2Si2Ti2Zr3-2. The van der Waals surface area contributed by atoms with Gasteiger partial charge in [-0.25, -0.2) is 0 Å². The van der Waals surface area contributed by atoms with E-state index in [9.17, 15) is 0 Å². The van der Waals surface area contributed by atoms with Crippen molar-refractivity contribution in [1.82, 2.24) is 0 Å². The van der Waals surface area contributed by atoms with E-state index in [0.29, 0.717) is 17.1 Å². The van der Waals surface area contributed by atoms with Gasteiger partial charge in [0, 0.05) is 24.3 Å². The zero-order valence-electron chi connectivity index (χ0n) is 84.3. The molecule has 0 amide bonds. The average molecular weight is 2260 g/mol. The summed E-state index contributed by atoms with van der Waals surface area (Å²) in [6.45, 7) is 48.9. The summed E-state index contributed by atoms with van der Waals surface area (Å²) in [5.74, 6) is 9.50. The van der Waals surface area contributed by atoms with Gasteiger partial charge >= 0.3 is 178 Å². The van der Waals surface area contributed by atoms with Crippen LogP contribution in [0.15, 0.2) is 195 Å². The Kier molecular flexibility index (Phi) is 117. The zero-order chi connectivity index (χ0) is 89.7. The SMILES string of the molecule is C/C=C\C=C/C.C1=CC2CCCC2C=C1.C1CCCC1.C=CC=Cc1ccccc1.CC.CC(C)[N-][Si](C)(C)C1CCCC1.CC1CC(C)C(C)C1C.CC1CC(C)C(C)C1C.CCCCCCCC[Si](C)(C1c2ccccc2-c2ccccc21)C1c2ccccc2-c2ccccc21.CCO.CCO.[CH3-].[CH3-].[CH3-].[CH3-].[CH3-].[CH3-].[CH3-].[CH3-].[Cl][Ti+].[Cl][Ti][Cl].[Cl][Zr+2][Cl].[Cl][Zr+2][Cl].[Cl][Zr+2][Cl]. The van der Waals surface area contributed by atoms with E-state index in [4.69, 9.17) is 84.9 Å². The molecule has 5 aromatic rings. The number of hydrogen-bond donors (Lipinski definition) is 2. The second-order valence-electron chi connectivity index (χ2n) is 32.7. The fraction of sp³-hybridized carbons (Fsp3) is 0.533. The predicted octanol–water partition coefficient (Wildman–Crippen LogP) is 40.2. The number of fused-ring (bicyclic) bond motifs is 7. The Hall–Kier alpha value is 1.54. The second-order valence-corrected chi connectivity index (χ2v) is 55.5. The summed E-state index contributed by atoms with van der Waals surface area (Å²) in [5, 5.41) is 15.1. The Labute approximate surface area is 875 Å². The van der Waals surface area contributed by atoms with E-state index in [-0.39, 0.29) is 72.6 Å². The monoisotopic (exact) mass is 2250 g/mol. The van der Waals surface area contributed by atoms with E-state index in [1.54, 1.807) is 42.2 Å². The van der Waals surface area contributed by atoms with Crippen LogP contribution in [0.5, 0.6) is 0 Å². The van der Waals surface area contributed by atoms with Crippen molar-refractivity contribution in [1.29, 1.82) is 0 Å². The predicted molar refractivity (Wildman–Crippen MR) is 576 cm³/mol. The number of aliphatic hydroxyl groups is 2. The Morgan fingerprint density at radius 1 is 0.452 bits per heavy atom. The molecule has 5 aromatic carbocycles. The Morgan fingerprint density at radius 3 is 0.992 bits per heavy atom. The first-order valence-electron chi connectivity index (χ1n) is 44.1. The topological polar surface area (TPSA) is 54.6 Å². The molecule has 13 rings (SSSR count). The molecule has 126 heavy (non-hydrogen) atoms. The molecule has 0 spiro atoms. The van der Waals surface area contributed by atoms with Gasteiger partial charge in [0.05, 0.1) is 8.07 Å². The fourth-order valence-electron chi connectivity index (χ4n) is 17.7. The third kappa shape index (κ3) is 61.8. The summed E-state index contributed by atoms with van der Waals surface area (Å²) in [5.41, 5.74) is 15.5. The van der Waals surface area contributed by atoms with E-state index in [0.717, 1.165) is 64.7 Å². The first-order valence-corrected chi connectivity index (χ1v) is 75.4. The van der Waals surface area contributed by atoms with Gasteiger partial charge in [-0.05, 0) is 163 Å². The fourth-order valence-corrected chi connectivity index (χ4v) is 26.9. The standard InChI is InChI=1S/C35H38Si.C10H22NSi.C10H10.C9H12.2C9H18.C6H10.C5H10.2C2H6O.C2H6.8CH3.9ClH.2Ti.3Zr/c1-3-4-5-6-7-16-25-36(2,34-30-21-12-8-17-26(30)27-18-9-13-22-31(27)34)35-32-23-14-10-19-28(32)29-20-11-15-24-33(29)35;1-9(2)11-12(3,4)10-7-5-6-8-10;1-2-3-7-10-8-5-4-6-9-10;1-2-5-9-7-3-6-8(9)4-1;2*1-6-5-7(2)9(4)8(6)3;1-3-5-6-4-2;1-2-4-5-3-1;2*1-2-3;1-2;;;;;;;;;;;;;;;;;;;;;;/h8-15,17-24,34-35H,3-7,16,25H2,1-2H3;9-10H,5-8H2,1-4H3;2-9H,1H2;1-2,4-5,8-9H,3,6-7H2;2*6-9H,5H2,1-4H3;3-6H,1-2H3;1-5H2;2*3H,2H2,1H3;1-2H3;8*1H3;9*1H;;;;;/q;-1;;;;;;;;;;8*-1;;;;;;;;;;2*+2;3*+4/p-9/b;;;;;;5-3-,6-4-;;;;;;;;;;;;;;;;;;;;;;;;;;. The minimum atomic E-state index is -1.96. The van der Waals surface area contributed by atoms with Crippen LogP contribution in [-0.4, -0.2) is 45.8 Å². The van der Waals surface area contributed by atoms with Crippen molar-refractivity contribution >= 4 is 101 Å². The summed E-state index contributed by atoms with van der Waals surface area (Å²) in [4.78, 5) is 4.93. The van der Waals surface area contributed by atoms with Crippen LogP contribution in [0.25, 0.3) is 33.3 Å². The molecule has 718 valence electrons. The molecule has 5 saturated carbocycles. The first kappa shape index (κ1) is 150. The molecule has 3 nitrogen and oxygen atoms in total. The third-order valence-electron chi connectivity index (χ3n) is 24.2. The van der Waals surface area contributed by atoms with Crippen molar-refractivity contribution in [2.45, 2.75) is 294 Å². The Morgan fingerprint density at radius 2 is 0.730 bits per heavy atom. The van der Waals surface area contributed by atoms with Crippen LogP contribution in [0.1, 0.15) is 285 Å². The molecule has 0 aliphatic heterocycles. The summed E-state index contributed by atoms with van der Waals surface area (Å²) in [6.07, 6.45) is 51.5. The maximum absolute atomic E-state index is 7.57. The van der Waals surface area contributed by atoms with Gasteiger partial charge < -0.3 is 74.6 Å². The number of halogens is 9. The molecule has 8 aliphatic carbocycles. The van der Waals surface area contributed by atoms with Crippen LogP contribution in [0.2, 0.25) is 31.2 Å². The van der Waals surface area contributed by atoms with Crippen molar-refractivity contribution < 1.29 is 109 Å². The van der Waals surface area contributed by atoms with Crippen LogP contribution >= 0.6 is 79.0 Å². The number of rotatable bonds is 15. The molecule has 5 fully saturated rings. The normalized spacial score (nSPS) is 19.3. The van der Waals surface area contributed by atoms with Gasteiger partial charge in [0.1, 0.15) is 0 Å². The number of aliphatic hydroxyl groups excluding tert-OH is 2. The summed E-state index contributed by atoms with van der Waals surface area (Å²) >= 11 is -1.56.